The number of pyridine rings is 1. The standard InChI is InChI=1S/C20H20N2O3/c1-15-7-5-10-17(21-15)20(24)22(13-16-8-3-2-4-9-16)14-18(23)19-11-6-12-25-19/h2-12,18,23H,13-14H2,1H3/t18-/m1/s1. The van der Waals surface area contributed by atoms with Crippen LogP contribution in [0.2, 0.25) is 0 Å². The number of carbonyl (C=O) groups is 1. The van der Waals surface area contributed by atoms with E-state index in [1.54, 1.807) is 29.2 Å². The van der Waals surface area contributed by atoms with Crippen molar-refractivity contribution in [1.29, 1.82) is 0 Å². The number of furan rings is 1. The minimum absolute atomic E-state index is 0.122. The molecule has 1 aromatic carbocycles. The molecule has 0 fully saturated rings. The number of aromatic nitrogens is 1. The van der Waals surface area contributed by atoms with Gasteiger partial charge in [-0.1, -0.05) is 36.4 Å². The molecule has 1 atom stereocenters. The van der Waals surface area contributed by atoms with E-state index in [2.05, 4.69) is 4.98 Å². The molecule has 0 saturated heterocycles. The largest absolute Gasteiger partial charge is 0.467 e. The first-order valence-electron chi connectivity index (χ1n) is 8.12. The molecule has 0 radical (unpaired) electrons. The second-order valence-corrected chi connectivity index (χ2v) is 5.87. The summed E-state index contributed by atoms with van der Waals surface area (Å²) in [6.07, 6.45) is 0.608. The maximum absolute atomic E-state index is 12.9. The van der Waals surface area contributed by atoms with Crippen molar-refractivity contribution in [2.45, 2.75) is 19.6 Å². The summed E-state index contributed by atoms with van der Waals surface area (Å²) in [4.78, 5) is 18.8. The zero-order chi connectivity index (χ0) is 17.6. The average Bonchev–Trinajstić information content (AvgIpc) is 3.16. The average molecular weight is 336 g/mol. The van der Waals surface area contributed by atoms with Crippen molar-refractivity contribution in [3.8, 4) is 0 Å². The summed E-state index contributed by atoms with van der Waals surface area (Å²) in [6.45, 7) is 2.35. The number of benzene rings is 1. The van der Waals surface area contributed by atoms with Crippen molar-refractivity contribution in [2.24, 2.45) is 0 Å². The molecule has 2 aromatic heterocycles. The molecule has 3 aromatic rings. The number of aryl methyl sites for hydroxylation is 1. The number of aliphatic hydroxyl groups is 1. The summed E-state index contributed by atoms with van der Waals surface area (Å²) in [5.41, 5.74) is 2.12. The van der Waals surface area contributed by atoms with Crippen LogP contribution in [0.4, 0.5) is 0 Å². The van der Waals surface area contributed by atoms with Crippen LogP contribution in [0, 0.1) is 6.92 Å². The molecule has 3 rings (SSSR count). The first-order chi connectivity index (χ1) is 12.1. The summed E-state index contributed by atoms with van der Waals surface area (Å²) in [7, 11) is 0. The van der Waals surface area contributed by atoms with E-state index >= 15 is 0 Å². The number of hydrogen-bond acceptors (Lipinski definition) is 4. The molecule has 5 heteroatoms. The fourth-order valence-corrected chi connectivity index (χ4v) is 2.63. The van der Waals surface area contributed by atoms with Gasteiger partial charge in [0.2, 0.25) is 0 Å². The van der Waals surface area contributed by atoms with Gasteiger partial charge in [-0.05, 0) is 36.8 Å². The Labute approximate surface area is 146 Å². The van der Waals surface area contributed by atoms with Crippen LogP contribution in [0.3, 0.4) is 0 Å². The smallest absolute Gasteiger partial charge is 0.272 e. The van der Waals surface area contributed by atoms with Gasteiger partial charge in [-0.3, -0.25) is 4.79 Å². The molecule has 0 aliphatic heterocycles. The molecular weight excluding hydrogens is 316 g/mol. The molecule has 0 aliphatic carbocycles. The van der Waals surface area contributed by atoms with Crippen molar-refractivity contribution in [3.05, 3.63) is 89.6 Å². The predicted molar refractivity (Wildman–Crippen MR) is 93.8 cm³/mol. The van der Waals surface area contributed by atoms with Crippen molar-refractivity contribution in [1.82, 2.24) is 9.88 Å². The number of carbonyl (C=O) groups excluding carboxylic acids is 1. The Balaban J connectivity index is 1.84. The van der Waals surface area contributed by atoms with Gasteiger partial charge in [0.1, 0.15) is 17.6 Å². The van der Waals surface area contributed by atoms with Gasteiger partial charge in [0, 0.05) is 12.2 Å². The summed E-state index contributed by atoms with van der Waals surface area (Å²) in [6, 6.07) is 18.4. The summed E-state index contributed by atoms with van der Waals surface area (Å²) < 4.78 is 5.25. The van der Waals surface area contributed by atoms with Crippen molar-refractivity contribution in [2.75, 3.05) is 6.54 Å². The van der Waals surface area contributed by atoms with Gasteiger partial charge >= 0.3 is 0 Å². The maximum Gasteiger partial charge on any atom is 0.272 e. The Morgan fingerprint density at radius 3 is 2.60 bits per heavy atom. The second kappa shape index (κ2) is 7.77. The minimum Gasteiger partial charge on any atom is -0.467 e. The molecule has 0 saturated carbocycles. The van der Waals surface area contributed by atoms with Crippen LogP contribution in [0.25, 0.3) is 0 Å². The lowest BCUT2D eigenvalue weighted by molar-refractivity contribution is 0.0558. The molecule has 5 nitrogen and oxygen atoms in total. The summed E-state index contributed by atoms with van der Waals surface area (Å²) >= 11 is 0. The van der Waals surface area contributed by atoms with E-state index in [-0.39, 0.29) is 12.5 Å². The van der Waals surface area contributed by atoms with Gasteiger partial charge in [-0.15, -0.1) is 0 Å². The maximum atomic E-state index is 12.9. The van der Waals surface area contributed by atoms with E-state index in [0.717, 1.165) is 11.3 Å². The molecule has 0 spiro atoms. The molecule has 1 amide bonds. The van der Waals surface area contributed by atoms with Crippen LogP contribution in [0.1, 0.15) is 33.6 Å². The molecule has 25 heavy (non-hydrogen) atoms. The van der Waals surface area contributed by atoms with Crippen LogP contribution in [0.15, 0.2) is 71.3 Å². The molecule has 128 valence electrons. The van der Waals surface area contributed by atoms with Crippen LogP contribution < -0.4 is 0 Å². The van der Waals surface area contributed by atoms with Crippen LogP contribution in [-0.4, -0.2) is 27.4 Å². The zero-order valence-electron chi connectivity index (χ0n) is 14.0. The Morgan fingerprint density at radius 1 is 1.12 bits per heavy atom. The van der Waals surface area contributed by atoms with E-state index in [0.29, 0.717) is 18.0 Å². The first kappa shape index (κ1) is 16.9. The number of amides is 1. The van der Waals surface area contributed by atoms with E-state index in [4.69, 9.17) is 4.42 Å². The normalized spacial score (nSPS) is 11.9. The fraction of sp³-hybridized carbons (Fsp3) is 0.200. The van der Waals surface area contributed by atoms with Crippen LogP contribution in [0.5, 0.6) is 0 Å². The molecule has 0 aliphatic rings. The summed E-state index contributed by atoms with van der Waals surface area (Å²) in [5.74, 6) is 0.209. The monoisotopic (exact) mass is 336 g/mol. The van der Waals surface area contributed by atoms with Crippen LogP contribution >= 0.6 is 0 Å². The molecule has 0 bridgehead atoms. The zero-order valence-corrected chi connectivity index (χ0v) is 14.0. The topological polar surface area (TPSA) is 66.6 Å². The van der Waals surface area contributed by atoms with Crippen molar-refractivity contribution >= 4 is 5.91 Å². The Morgan fingerprint density at radius 2 is 1.92 bits per heavy atom. The highest BCUT2D eigenvalue weighted by Gasteiger charge is 2.22. The number of aliphatic hydroxyl groups excluding tert-OH is 1. The molecule has 1 N–H and O–H groups in total. The highest BCUT2D eigenvalue weighted by atomic mass is 16.4. The first-order valence-corrected chi connectivity index (χ1v) is 8.12. The third-order valence-electron chi connectivity index (χ3n) is 3.88. The lowest BCUT2D eigenvalue weighted by atomic mass is 10.1. The second-order valence-electron chi connectivity index (χ2n) is 5.87. The van der Waals surface area contributed by atoms with Crippen molar-refractivity contribution < 1.29 is 14.3 Å². The van der Waals surface area contributed by atoms with Gasteiger partial charge in [-0.2, -0.15) is 0 Å². The SMILES string of the molecule is Cc1cccc(C(=O)N(Cc2ccccc2)C[C@@H](O)c2ccco2)n1. The third kappa shape index (κ3) is 4.33. The highest BCUT2D eigenvalue weighted by molar-refractivity contribution is 5.92. The highest BCUT2D eigenvalue weighted by Crippen LogP contribution is 2.18. The van der Waals surface area contributed by atoms with Gasteiger partial charge in [0.15, 0.2) is 0 Å². The summed E-state index contributed by atoms with van der Waals surface area (Å²) in [5, 5.41) is 10.4. The van der Waals surface area contributed by atoms with Gasteiger partial charge < -0.3 is 14.4 Å². The van der Waals surface area contributed by atoms with Gasteiger partial charge in [0.05, 0.1) is 12.8 Å². The van der Waals surface area contributed by atoms with E-state index in [1.807, 2.05) is 43.3 Å². The van der Waals surface area contributed by atoms with Gasteiger partial charge in [-0.25, -0.2) is 4.98 Å². The predicted octanol–water partition coefficient (Wildman–Crippen LogP) is 3.36. The Hall–Kier alpha value is -2.92. The molecule has 0 unspecified atom stereocenters. The minimum atomic E-state index is -0.896. The number of nitrogens with zero attached hydrogens (tertiary/aromatic N) is 2. The Bertz CT molecular complexity index is 816. The van der Waals surface area contributed by atoms with Crippen molar-refractivity contribution in [3.63, 3.8) is 0 Å². The fourth-order valence-electron chi connectivity index (χ4n) is 2.63. The Kier molecular flexibility index (Phi) is 5.26. The van der Waals surface area contributed by atoms with E-state index in [1.165, 1.54) is 6.26 Å². The number of rotatable bonds is 6. The van der Waals surface area contributed by atoms with Crippen LogP contribution in [-0.2, 0) is 6.54 Å². The van der Waals surface area contributed by atoms with Gasteiger partial charge in [0.25, 0.3) is 5.91 Å². The molecule has 2 heterocycles. The molecular formula is C20H20N2O3. The number of hydrogen-bond donors (Lipinski definition) is 1. The quantitative estimate of drug-likeness (QED) is 0.749. The third-order valence-corrected chi connectivity index (χ3v) is 3.88. The van der Waals surface area contributed by atoms with E-state index < -0.39 is 6.10 Å². The lowest BCUT2D eigenvalue weighted by Crippen LogP contribution is -2.34. The van der Waals surface area contributed by atoms with E-state index in [9.17, 15) is 9.90 Å². The lowest BCUT2D eigenvalue weighted by Gasteiger charge is -2.24.